The Labute approximate surface area is 136 Å². The number of hydrogen-bond acceptors (Lipinski definition) is 6. The molecule has 2 aliphatic rings. The van der Waals surface area contributed by atoms with Crippen molar-refractivity contribution in [3.05, 3.63) is 12.4 Å². The zero-order valence-corrected chi connectivity index (χ0v) is 13.6. The second-order valence-electron chi connectivity index (χ2n) is 6.57. The van der Waals surface area contributed by atoms with E-state index >= 15 is 0 Å². The molecule has 1 aliphatic heterocycles. The van der Waals surface area contributed by atoms with E-state index in [0.717, 1.165) is 50.4 Å². The van der Waals surface area contributed by atoms with Crippen LogP contribution in [0, 0.1) is 5.92 Å². The van der Waals surface area contributed by atoms with Gasteiger partial charge in [0.15, 0.2) is 0 Å². The number of likely N-dealkylation sites (N-methyl/N-ethyl adjacent to an activating group) is 1. The molecule has 2 N–H and O–H groups in total. The molecule has 1 aliphatic carbocycles. The number of hydrogen-bond donors (Lipinski definition) is 2. The number of rotatable bonds is 4. The van der Waals surface area contributed by atoms with Crippen molar-refractivity contribution in [2.75, 3.05) is 43.4 Å². The van der Waals surface area contributed by atoms with Crippen molar-refractivity contribution in [1.82, 2.24) is 14.9 Å². The minimum atomic E-state index is -0.159. The smallest absolute Gasteiger partial charge is 0.241 e. The van der Waals surface area contributed by atoms with Crippen LogP contribution in [0.4, 0.5) is 11.6 Å². The van der Waals surface area contributed by atoms with Gasteiger partial charge in [0, 0.05) is 32.7 Å². The molecule has 126 valence electrons. The number of carbonyl (C=O) groups is 1. The summed E-state index contributed by atoms with van der Waals surface area (Å²) in [6.07, 6.45) is 5.40. The van der Waals surface area contributed by atoms with Gasteiger partial charge in [-0.2, -0.15) is 0 Å². The highest BCUT2D eigenvalue weighted by atomic mass is 16.3. The maximum atomic E-state index is 11.8. The normalized spacial score (nSPS) is 25.6. The van der Waals surface area contributed by atoms with Crippen molar-refractivity contribution in [3.63, 3.8) is 0 Å². The summed E-state index contributed by atoms with van der Waals surface area (Å²) in [7, 11) is 1.82. The Morgan fingerprint density at radius 2 is 2.22 bits per heavy atom. The van der Waals surface area contributed by atoms with Gasteiger partial charge in [0.05, 0.1) is 12.6 Å². The molecule has 2 unspecified atom stereocenters. The van der Waals surface area contributed by atoms with Gasteiger partial charge in [-0.25, -0.2) is 9.97 Å². The number of aromatic nitrogens is 2. The molecule has 2 atom stereocenters. The molecule has 2 heterocycles. The van der Waals surface area contributed by atoms with Crippen molar-refractivity contribution >= 4 is 17.5 Å². The second-order valence-corrected chi connectivity index (χ2v) is 6.57. The first kappa shape index (κ1) is 16.0. The van der Waals surface area contributed by atoms with Gasteiger partial charge in [-0.3, -0.25) is 4.79 Å². The maximum Gasteiger partial charge on any atom is 0.241 e. The SMILES string of the molecule is CN1CCN(c2cc(NCC3CCCC(O)C3)ncn2)CC1=O. The predicted octanol–water partition coefficient (Wildman–Crippen LogP) is 0.718. The average Bonchev–Trinajstić information content (AvgIpc) is 2.56. The molecule has 0 spiro atoms. The monoisotopic (exact) mass is 319 g/mol. The minimum absolute atomic E-state index is 0.112. The van der Waals surface area contributed by atoms with Crippen LogP contribution < -0.4 is 10.2 Å². The summed E-state index contributed by atoms with van der Waals surface area (Å²) in [5, 5.41) is 13.1. The molecule has 7 heteroatoms. The molecule has 0 aromatic carbocycles. The van der Waals surface area contributed by atoms with E-state index < -0.39 is 0 Å². The summed E-state index contributed by atoms with van der Waals surface area (Å²) in [5.74, 6) is 2.16. The predicted molar refractivity (Wildman–Crippen MR) is 88.3 cm³/mol. The molecule has 1 aromatic rings. The Morgan fingerprint density at radius 3 is 3.00 bits per heavy atom. The highest BCUT2D eigenvalue weighted by Crippen LogP contribution is 2.24. The number of nitrogens with one attached hydrogen (secondary N) is 1. The van der Waals surface area contributed by atoms with E-state index in [9.17, 15) is 9.90 Å². The number of carbonyl (C=O) groups excluding carboxylic acids is 1. The summed E-state index contributed by atoms with van der Waals surface area (Å²) in [6.45, 7) is 2.68. The zero-order chi connectivity index (χ0) is 16.2. The number of aliphatic hydroxyl groups is 1. The van der Waals surface area contributed by atoms with Crippen LogP contribution in [0.2, 0.25) is 0 Å². The van der Waals surface area contributed by atoms with Crippen molar-refractivity contribution in [2.24, 2.45) is 5.92 Å². The first-order valence-electron chi connectivity index (χ1n) is 8.34. The summed E-state index contributed by atoms with van der Waals surface area (Å²) < 4.78 is 0. The number of amides is 1. The van der Waals surface area contributed by atoms with E-state index in [0.29, 0.717) is 19.0 Å². The Bertz CT molecular complexity index is 553. The minimum Gasteiger partial charge on any atom is -0.393 e. The quantitative estimate of drug-likeness (QED) is 0.851. The summed E-state index contributed by atoms with van der Waals surface area (Å²) in [4.78, 5) is 24.1. The van der Waals surface area contributed by atoms with E-state index in [-0.39, 0.29) is 12.0 Å². The van der Waals surface area contributed by atoms with E-state index in [2.05, 4.69) is 15.3 Å². The van der Waals surface area contributed by atoms with Crippen molar-refractivity contribution in [3.8, 4) is 0 Å². The van der Waals surface area contributed by atoms with Crippen LogP contribution in [0.25, 0.3) is 0 Å². The van der Waals surface area contributed by atoms with Gasteiger partial charge in [-0.15, -0.1) is 0 Å². The fourth-order valence-electron chi connectivity index (χ4n) is 3.27. The van der Waals surface area contributed by atoms with Gasteiger partial charge in [0.25, 0.3) is 0 Å². The standard InChI is InChI=1S/C16H25N5O2/c1-20-5-6-21(10-16(20)23)15-8-14(18-11-19-15)17-9-12-3-2-4-13(22)7-12/h8,11-13,22H,2-7,9-10H2,1H3,(H,17,18,19). The number of nitrogens with zero attached hydrogens (tertiary/aromatic N) is 4. The van der Waals surface area contributed by atoms with Crippen LogP contribution in [0.3, 0.4) is 0 Å². The molecular weight excluding hydrogens is 294 g/mol. The molecule has 7 nitrogen and oxygen atoms in total. The first-order valence-corrected chi connectivity index (χ1v) is 8.34. The molecule has 0 radical (unpaired) electrons. The molecule has 1 saturated heterocycles. The molecule has 0 bridgehead atoms. The first-order chi connectivity index (χ1) is 11.1. The van der Waals surface area contributed by atoms with E-state index in [1.807, 2.05) is 18.0 Å². The van der Waals surface area contributed by atoms with E-state index in [1.54, 1.807) is 4.90 Å². The van der Waals surface area contributed by atoms with Crippen molar-refractivity contribution in [2.45, 2.75) is 31.8 Å². The third-order valence-electron chi connectivity index (χ3n) is 4.76. The average molecular weight is 319 g/mol. The largest absolute Gasteiger partial charge is 0.393 e. The van der Waals surface area contributed by atoms with Crippen molar-refractivity contribution < 1.29 is 9.90 Å². The lowest BCUT2D eigenvalue weighted by atomic mass is 9.87. The highest BCUT2D eigenvalue weighted by Gasteiger charge is 2.23. The lowest BCUT2D eigenvalue weighted by Gasteiger charge is -2.32. The number of anilines is 2. The lowest BCUT2D eigenvalue weighted by Crippen LogP contribution is -2.48. The maximum absolute atomic E-state index is 11.8. The van der Waals surface area contributed by atoms with Gasteiger partial charge < -0.3 is 20.2 Å². The summed E-state index contributed by atoms with van der Waals surface area (Å²) >= 11 is 0. The molecule has 1 aromatic heterocycles. The van der Waals surface area contributed by atoms with Gasteiger partial charge in [0.1, 0.15) is 18.0 Å². The van der Waals surface area contributed by atoms with Crippen LogP contribution in [-0.2, 0) is 4.79 Å². The Balaban J connectivity index is 1.58. The second kappa shape index (κ2) is 7.12. The topological polar surface area (TPSA) is 81.6 Å². The molecule has 3 rings (SSSR count). The van der Waals surface area contributed by atoms with Gasteiger partial charge >= 0.3 is 0 Å². The lowest BCUT2D eigenvalue weighted by molar-refractivity contribution is -0.129. The molecular formula is C16H25N5O2. The van der Waals surface area contributed by atoms with E-state index in [4.69, 9.17) is 0 Å². The fourth-order valence-corrected chi connectivity index (χ4v) is 3.27. The van der Waals surface area contributed by atoms with Gasteiger partial charge in [-0.05, 0) is 25.2 Å². The third-order valence-corrected chi connectivity index (χ3v) is 4.76. The van der Waals surface area contributed by atoms with Gasteiger partial charge in [0.2, 0.25) is 5.91 Å². The van der Waals surface area contributed by atoms with Gasteiger partial charge in [-0.1, -0.05) is 6.42 Å². The van der Waals surface area contributed by atoms with Crippen molar-refractivity contribution in [1.29, 1.82) is 0 Å². The third kappa shape index (κ3) is 4.10. The molecule has 1 amide bonds. The Hall–Kier alpha value is -1.89. The molecule has 23 heavy (non-hydrogen) atoms. The Morgan fingerprint density at radius 1 is 1.35 bits per heavy atom. The Kier molecular flexibility index (Phi) is 4.95. The van der Waals surface area contributed by atoms with Crippen LogP contribution in [0.5, 0.6) is 0 Å². The van der Waals surface area contributed by atoms with Crippen LogP contribution >= 0.6 is 0 Å². The fraction of sp³-hybridized carbons (Fsp3) is 0.688. The summed E-state index contributed by atoms with van der Waals surface area (Å²) in [6, 6.07) is 1.90. The van der Waals surface area contributed by atoms with Crippen LogP contribution in [0.15, 0.2) is 12.4 Å². The molecule has 1 saturated carbocycles. The van der Waals surface area contributed by atoms with Crippen LogP contribution in [-0.4, -0.2) is 65.2 Å². The zero-order valence-electron chi connectivity index (χ0n) is 13.6. The highest BCUT2D eigenvalue weighted by molar-refractivity contribution is 5.82. The number of aliphatic hydroxyl groups excluding tert-OH is 1. The summed E-state index contributed by atoms with van der Waals surface area (Å²) in [5.41, 5.74) is 0. The van der Waals surface area contributed by atoms with Crippen LogP contribution in [0.1, 0.15) is 25.7 Å². The number of piperazine rings is 1. The molecule has 2 fully saturated rings. The van der Waals surface area contributed by atoms with E-state index in [1.165, 1.54) is 6.33 Å².